The molecule has 0 unspecified atom stereocenters. The van der Waals surface area contributed by atoms with Crippen LogP contribution in [0.1, 0.15) is 120 Å². The van der Waals surface area contributed by atoms with Crippen molar-refractivity contribution in [2.45, 2.75) is 100 Å². The number of hydrogen-bond acceptors (Lipinski definition) is 4. The fourth-order valence-electron chi connectivity index (χ4n) is 6.42. The molecule has 3 aromatic rings. The number of nitrogens with zero attached hydrogens (tertiary/aromatic N) is 4. The fourth-order valence-corrected chi connectivity index (χ4v) is 6.42. The largest absolute Gasteiger partial charge is 0.340 e. The molecule has 204 valence electrons. The number of aryl methyl sites for hydroxylation is 4. The number of nitrogens with one attached hydrogen (secondary N) is 2. The van der Waals surface area contributed by atoms with Crippen molar-refractivity contribution in [2.24, 2.45) is 0 Å². The molecule has 5 heterocycles. The SMILES string of the molecule is CCC1=C(CC)c2nc1cc1nc(nc3[nH]c(cc4[nH]c(n2)c(CC)c4CC)c(CC)c3CC)C(CC)=C1C. The summed E-state index contributed by atoms with van der Waals surface area (Å²) in [6, 6.07) is 4.42. The van der Waals surface area contributed by atoms with E-state index < -0.39 is 0 Å². The Labute approximate surface area is 232 Å². The zero-order valence-electron chi connectivity index (χ0n) is 24.9. The molecule has 2 aliphatic rings. The van der Waals surface area contributed by atoms with Crippen molar-refractivity contribution >= 4 is 44.6 Å². The van der Waals surface area contributed by atoms with E-state index in [0.717, 1.165) is 90.3 Å². The first-order valence-corrected chi connectivity index (χ1v) is 14.9. The van der Waals surface area contributed by atoms with E-state index in [2.05, 4.69) is 77.5 Å². The summed E-state index contributed by atoms with van der Waals surface area (Å²) in [5.41, 5.74) is 16.1. The van der Waals surface area contributed by atoms with Gasteiger partial charge in [-0.05, 0) is 97.4 Å². The van der Waals surface area contributed by atoms with Gasteiger partial charge in [0.15, 0.2) is 11.6 Å². The normalized spacial score (nSPS) is 13.6. The smallest absolute Gasteiger partial charge is 0.158 e. The standard InChI is InChI=1S/C33H42N6/c1-9-19-18(8)26-16-27-20(10-2)23(13-5)32(35-27)39-33-25(15-7)22(12-4)29(37-33)17-28-21(11-3)24(14-6)31(36-28)38-30(19)34-26/h16-17H,9-15H2,1-8H3,(H,34,36,38)(H,35,37,39). The third-order valence-electron chi connectivity index (χ3n) is 8.43. The van der Waals surface area contributed by atoms with Gasteiger partial charge < -0.3 is 9.97 Å². The van der Waals surface area contributed by atoms with E-state index in [9.17, 15) is 0 Å². The van der Waals surface area contributed by atoms with Gasteiger partial charge in [0.25, 0.3) is 0 Å². The second-order valence-corrected chi connectivity index (χ2v) is 10.4. The Bertz CT molecular complexity index is 1660. The summed E-state index contributed by atoms with van der Waals surface area (Å²) >= 11 is 0. The molecule has 2 aliphatic heterocycles. The van der Waals surface area contributed by atoms with Crippen molar-refractivity contribution in [3.8, 4) is 0 Å². The summed E-state index contributed by atoms with van der Waals surface area (Å²) in [6.45, 7) is 17.6. The molecule has 0 saturated carbocycles. The minimum atomic E-state index is 0.813. The van der Waals surface area contributed by atoms with Gasteiger partial charge in [-0.2, -0.15) is 0 Å². The molecule has 0 amide bonds. The van der Waals surface area contributed by atoms with Gasteiger partial charge in [0.05, 0.1) is 11.4 Å². The maximum atomic E-state index is 5.21. The Morgan fingerprint density at radius 3 is 1.41 bits per heavy atom. The van der Waals surface area contributed by atoms with Crippen molar-refractivity contribution < 1.29 is 0 Å². The van der Waals surface area contributed by atoms with Crippen molar-refractivity contribution in [3.63, 3.8) is 0 Å². The topological polar surface area (TPSA) is 83.1 Å². The van der Waals surface area contributed by atoms with Gasteiger partial charge in [-0.3, -0.25) is 0 Å². The quantitative estimate of drug-likeness (QED) is 0.326. The summed E-state index contributed by atoms with van der Waals surface area (Å²) in [5.74, 6) is 1.64. The van der Waals surface area contributed by atoms with Gasteiger partial charge in [-0.25, -0.2) is 19.9 Å². The van der Waals surface area contributed by atoms with Crippen LogP contribution in [0.3, 0.4) is 0 Å². The fraction of sp³-hybridized carbons (Fsp3) is 0.455. The first kappa shape index (κ1) is 27.0. The molecule has 0 saturated heterocycles. The van der Waals surface area contributed by atoms with Crippen LogP contribution in [0.2, 0.25) is 0 Å². The molecule has 0 aliphatic carbocycles. The molecule has 5 rings (SSSR count). The third kappa shape index (κ3) is 4.44. The van der Waals surface area contributed by atoms with E-state index in [1.807, 2.05) is 0 Å². The van der Waals surface area contributed by atoms with Gasteiger partial charge in [0.2, 0.25) is 0 Å². The third-order valence-corrected chi connectivity index (χ3v) is 8.43. The summed E-state index contributed by atoms with van der Waals surface area (Å²) in [4.78, 5) is 28.0. The lowest BCUT2D eigenvalue weighted by Crippen LogP contribution is -1.90. The van der Waals surface area contributed by atoms with E-state index in [1.54, 1.807) is 0 Å². The van der Waals surface area contributed by atoms with Crippen LogP contribution in [0.25, 0.3) is 44.6 Å². The van der Waals surface area contributed by atoms with E-state index in [4.69, 9.17) is 19.9 Å². The van der Waals surface area contributed by atoms with Gasteiger partial charge >= 0.3 is 0 Å². The van der Waals surface area contributed by atoms with Crippen LogP contribution in [0.5, 0.6) is 0 Å². The Balaban J connectivity index is 2.02. The van der Waals surface area contributed by atoms with Crippen LogP contribution < -0.4 is 0 Å². The van der Waals surface area contributed by atoms with Gasteiger partial charge in [-0.1, -0.05) is 48.5 Å². The highest BCUT2D eigenvalue weighted by Gasteiger charge is 2.23. The predicted octanol–water partition coefficient (Wildman–Crippen LogP) is 8.43. The minimum absolute atomic E-state index is 0.813. The lowest BCUT2D eigenvalue weighted by Gasteiger charge is -2.02. The van der Waals surface area contributed by atoms with E-state index in [0.29, 0.717) is 0 Å². The van der Waals surface area contributed by atoms with Crippen LogP contribution in [0.15, 0.2) is 12.1 Å². The number of H-pyrrole nitrogens is 2. The molecular formula is C33H42N6. The minimum Gasteiger partial charge on any atom is -0.340 e. The maximum Gasteiger partial charge on any atom is 0.158 e. The average molecular weight is 523 g/mol. The number of aromatic amines is 2. The zero-order valence-corrected chi connectivity index (χ0v) is 24.9. The van der Waals surface area contributed by atoms with Gasteiger partial charge in [0, 0.05) is 22.2 Å². The van der Waals surface area contributed by atoms with Gasteiger partial charge in [0.1, 0.15) is 11.3 Å². The Hall–Kier alpha value is -3.54. The van der Waals surface area contributed by atoms with E-state index >= 15 is 0 Å². The molecule has 8 bridgehead atoms. The van der Waals surface area contributed by atoms with Crippen molar-refractivity contribution in [1.82, 2.24) is 29.9 Å². The van der Waals surface area contributed by atoms with Crippen molar-refractivity contribution in [2.75, 3.05) is 0 Å². The number of rotatable bonds is 7. The molecule has 0 atom stereocenters. The summed E-state index contributed by atoms with van der Waals surface area (Å²) < 4.78 is 0. The molecular weight excluding hydrogens is 480 g/mol. The predicted molar refractivity (Wildman–Crippen MR) is 164 cm³/mol. The highest BCUT2D eigenvalue weighted by Crippen LogP contribution is 2.36. The average Bonchev–Trinajstić information content (AvgIpc) is 3.64. The Morgan fingerprint density at radius 1 is 0.487 bits per heavy atom. The summed E-state index contributed by atoms with van der Waals surface area (Å²) in [7, 11) is 0. The number of allylic oxidation sites excluding steroid dienone is 4. The molecule has 2 N–H and O–H groups in total. The number of hydrogen-bond donors (Lipinski definition) is 2. The van der Waals surface area contributed by atoms with Crippen LogP contribution in [0, 0.1) is 0 Å². The number of fused-ring (bicyclic) bond motifs is 8. The van der Waals surface area contributed by atoms with Crippen LogP contribution in [-0.2, 0) is 25.7 Å². The van der Waals surface area contributed by atoms with Gasteiger partial charge in [-0.15, -0.1) is 0 Å². The van der Waals surface area contributed by atoms with Crippen LogP contribution >= 0.6 is 0 Å². The maximum absolute atomic E-state index is 5.21. The summed E-state index contributed by atoms with van der Waals surface area (Å²) in [5, 5.41) is 0. The Morgan fingerprint density at radius 2 is 0.949 bits per heavy atom. The van der Waals surface area contributed by atoms with E-state index in [-0.39, 0.29) is 0 Å². The van der Waals surface area contributed by atoms with Crippen LogP contribution in [-0.4, -0.2) is 29.9 Å². The lowest BCUT2D eigenvalue weighted by atomic mass is 10.0. The molecule has 6 nitrogen and oxygen atoms in total. The lowest BCUT2D eigenvalue weighted by molar-refractivity contribution is 1.05. The molecule has 0 spiro atoms. The molecule has 39 heavy (non-hydrogen) atoms. The monoisotopic (exact) mass is 522 g/mol. The second-order valence-electron chi connectivity index (χ2n) is 10.4. The van der Waals surface area contributed by atoms with Crippen molar-refractivity contribution in [1.29, 1.82) is 0 Å². The Kier molecular flexibility index (Phi) is 7.57. The highest BCUT2D eigenvalue weighted by molar-refractivity contribution is 5.94. The molecule has 0 radical (unpaired) electrons. The zero-order chi connectivity index (χ0) is 27.8. The first-order valence-electron chi connectivity index (χ1n) is 14.9. The van der Waals surface area contributed by atoms with Crippen LogP contribution in [0.4, 0.5) is 0 Å². The summed E-state index contributed by atoms with van der Waals surface area (Å²) in [6.07, 6.45) is 6.39. The first-order chi connectivity index (χ1) is 18.9. The molecule has 0 aromatic carbocycles. The molecule has 6 heteroatoms. The second kappa shape index (κ2) is 10.9. The molecule has 3 aromatic heterocycles. The molecule has 0 fully saturated rings. The highest BCUT2D eigenvalue weighted by atomic mass is 15.0. The van der Waals surface area contributed by atoms with E-state index in [1.165, 1.54) is 44.5 Å². The number of aromatic nitrogens is 6. The van der Waals surface area contributed by atoms with Crippen molar-refractivity contribution in [3.05, 3.63) is 57.4 Å².